The van der Waals surface area contributed by atoms with E-state index in [4.69, 9.17) is 15.7 Å². The number of pyridine rings is 3. The lowest BCUT2D eigenvalue weighted by atomic mass is 9.98. The molecule has 0 bridgehead atoms. The highest BCUT2D eigenvalue weighted by molar-refractivity contribution is 9.10. The van der Waals surface area contributed by atoms with Crippen LogP contribution in [0.5, 0.6) is 0 Å². The van der Waals surface area contributed by atoms with E-state index < -0.39 is 0 Å². The Morgan fingerprint density at radius 3 is 0.922 bits per heavy atom. The van der Waals surface area contributed by atoms with Crippen molar-refractivity contribution in [2.75, 3.05) is 10.6 Å². The lowest BCUT2D eigenvalue weighted by Gasteiger charge is -2.30. The van der Waals surface area contributed by atoms with Gasteiger partial charge in [0.1, 0.15) is 0 Å². The number of aromatic nitrogens is 5. The summed E-state index contributed by atoms with van der Waals surface area (Å²) in [6.45, 7) is 15.0. The van der Waals surface area contributed by atoms with Gasteiger partial charge in [0.05, 0.1) is 44.8 Å². The molecule has 102 heavy (non-hydrogen) atoms. The van der Waals surface area contributed by atoms with E-state index in [1.165, 1.54) is 99.4 Å². The van der Waals surface area contributed by atoms with Crippen LogP contribution in [0.4, 0.5) is 22.7 Å². The molecule has 17 rings (SSSR count). The monoisotopic (exact) mass is 1380 g/mol. The molecular weight excluding hydrogens is 1310 g/mol. The highest BCUT2D eigenvalue weighted by Crippen LogP contribution is 2.44. The summed E-state index contributed by atoms with van der Waals surface area (Å²) in [7, 11) is 0. The number of hydrogen-bond acceptors (Lipinski definition) is 5. The number of rotatable bonds is 11. The predicted octanol–water partition coefficient (Wildman–Crippen LogP) is 25.4. The molecule has 5 heterocycles. The zero-order valence-electron chi connectivity index (χ0n) is 58.2. The number of hydrogen-bond donors (Lipinski definition) is 1. The largest absolute Gasteiger partial charge is 0.398 e. The van der Waals surface area contributed by atoms with Gasteiger partial charge in [-0.2, -0.15) is 0 Å². The predicted molar refractivity (Wildman–Crippen MR) is 434 cm³/mol. The van der Waals surface area contributed by atoms with Crippen molar-refractivity contribution in [1.29, 1.82) is 0 Å². The molecule has 7 nitrogen and oxygen atoms in total. The molecule has 0 radical (unpaired) electrons. The minimum atomic E-state index is 0.879. The van der Waals surface area contributed by atoms with E-state index in [-0.39, 0.29) is 0 Å². The van der Waals surface area contributed by atoms with Crippen molar-refractivity contribution in [3.63, 3.8) is 0 Å². The van der Waals surface area contributed by atoms with E-state index in [0.717, 1.165) is 88.9 Å². The number of anilines is 4. The van der Waals surface area contributed by atoms with Gasteiger partial charge in [0.15, 0.2) is 0 Å². The van der Waals surface area contributed by atoms with Crippen LogP contribution in [-0.2, 0) is 0 Å². The van der Waals surface area contributed by atoms with E-state index in [1.54, 1.807) is 0 Å². The van der Waals surface area contributed by atoms with Gasteiger partial charge in [-0.15, -0.1) is 0 Å². The minimum absolute atomic E-state index is 0.879. The third-order valence-corrected chi connectivity index (χ3v) is 19.9. The normalized spacial score (nSPS) is 11.2. The molecule has 17 aromatic rings. The van der Waals surface area contributed by atoms with Crippen LogP contribution in [0.1, 0.15) is 38.9 Å². The summed E-state index contributed by atoms with van der Waals surface area (Å²) >= 11 is 3.51. The standard InChI is InChI=1S/C56H44N4.C20H18N2.C18H14BrN/c1-37-29-47(60-54-27-13-11-25-48(54)49-26-12-14-28-55(49)60)30-38(2)56(37)59(45-23-15-21-43(31-45)52-33-50(39(3)35-57-52)41-17-7-5-8-18-41)46-24-16-22-44(32-46)53-34-51(40(4)36-58-53)42-19-9-6-10-20-42;1-13-11-15(12-14(2)20(13)21)22-18-9-5-3-7-16(18)17-8-4-6-10-19(17)22;1-13-12-20-18(15-8-5-9-16(19)10-15)11-17(13)14-6-3-2-4-7-14/h5-36H,1-4H3;3-12H,21H2,1-2H3;2-12H,1H3. The van der Waals surface area contributed by atoms with Gasteiger partial charge in [-0.05, 0) is 224 Å². The molecule has 12 aromatic carbocycles. The topological polar surface area (TPSA) is 77.8 Å². The molecule has 0 amide bonds. The van der Waals surface area contributed by atoms with Crippen LogP contribution in [0.15, 0.2) is 326 Å². The van der Waals surface area contributed by atoms with Crippen LogP contribution in [0.3, 0.4) is 0 Å². The highest BCUT2D eigenvalue weighted by atomic mass is 79.9. The second kappa shape index (κ2) is 28.5. The summed E-state index contributed by atoms with van der Waals surface area (Å²) in [5.74, 6) is 0. The van der Waals surface area contributed by atoms with E-state index in [1.807, 2.05) is 36.8 Å². The molecule has 0 unspecified atom stereocenters. The quantitative estimate of drug-likeness (QED) is 0.131. The zero-order valence-corrected chi connectivity index (χ0v) is 59.8. The first kappa shape index (κ1) is 65.7. The summed E-state index contributed by atoms with van der Waals surface area (Å²) in [6.07, 6.45) is 5.93. The van der Waals surface area contributed by atoms with Gasteiger partial charge in [-0.1, -0.05) is 216 Å². The number of halogens is 1. The van der Waals surface area contributed by atoms with Crippen molar-refractivity contribution >= 4 is 82.3 Å². The molecule has 5 aromatic heterocycles. The molecule has 0 aliphatic carbocycles. The Kier molecular flexibility index (Phi) is 18.4. The number of aryl methyl sites for hydroxylation is 7. The van der Waals surface area contributed by atoms with Gasteiger partial charge in [-0.25, -0.2) is 0 Å². The van der Waals surface area contributed by atoms with Crippen LogP contribution in [0.25, 0.3) is 122 Å². The summed E-state index contributed by atoms with van der Waals surface area (Å²) in [5.41, 5.74) is 38.7. The maximum absolute atomic E-state index is 6.12. The third-order valence-electron chi connectivity index (χ3n) is 19.4. The summed E-state index contributed by atoms with van der Waals surface area (Å²) in [4.78, 5) is 16.9. The molecule has 0 saturated carbocycles. The Morgan fingerprint density at radius 2 is 0.578 bits per heavy atom. The maximum Gasteiger partial charge on any atom is 0.0709 e. The molecule has 0 atom stereocenters. The minimum Gasteiger partial charge on any atom is -0.398 e. The molecule has 494 valence electrons. The first-order valence-electron chi connectivity index (χ1n) is 34.6. The average molecular weight is 1380 g/mol. The lowest BCUT2D eigenvalue weighted by molar-refractivity contribution is 1.14. The molecule has 0 fully saturated rings. The second-order valence-corrected chi connectivity index (χ2v) is 27.3. The number of benzene rings is 12. The molecule has 0 saturated heterocycles. The van der Waals surface area contributed by atoms with Gasteiger partial charge in [0, 0.05) is 89.7 Å². The third kappa shape index (κ3) is 13.1. The summed E-state index contributed by atoms with van der Waals surface area (Å²) < 4.78 is 5.80. The Morgan fingerprint density at radius 1 is 0.284 bits per heavy atom. The molecule has 0 aliphatic heterocycles. The van der Waals surface area contributed by atoms with Crippen molar-refractivity contribution in [2.24, 2.45) is 0 Å². The Labute approximate surface area is 605 Å². The SMILES string of the molecule is Cc1cc(-n2c3ccccc3c3ccccc32)cc(C)c1N.Cc1cnc(-c2cccc(Br)c2)cc1-c1ccccc1.Cc1cnc(-c2cccc(N(c3cccc(-c4cc(-c5ccccc5)c(C)cn4)c3)c3c(C)cc(-n4c5ccccc5c5ccccc54)cc3C)c2)cc1-c1ccccc1. The zero-order chi connectivity index (χ0) is 70.0. The Bertz CT molecular complexity index is 5670. The van der Waals surface area contributed by atoms with Gasteiger partial charge in [0.2, 0.25) is 0 Å². The van der Waals surface area contributed by atoms with Gasteiger partial charge >= 0.3 is 0 Å². The van der Waals surface area contributed by atoms with Crippen LogP contribution < -0.4 is 10.6 Å². The fourth-order valence-electron chi connectivity index (χ4n) is 14.4. The first-order chi connectivity index (χ1) is 49.8. The molecule has 2 N–H and O–H groups in total. The fourth-order valence-corrected chi connectivity index (χ4v) is 14.8. The molecular formula is C94H76BrN7. The number of nitrogen functional groups attached to an aromatic ring is 1. The molecule has 0 spiro atoms. The highest BCUT2D eigenvalue weighted by Gasteiger charge is 2.23. The van der Waals surface area contributed by atoms with Gasteiger partial charge < -0.3 is 19.8 Å². The smallest absolute Gasteiger partial charge is 0.0709 e. The van der Waals surface area contributed by atoms with Crippen molar-refractivity contribution in [3.8, 4) is 78.5 Å². The van der Waals surface area contributed by atoms with Crippen molar-refractivity contribution in [1.82, 2.24) is 24.1 Å². The van der Waals surface area contributed by atoms with Crippen LogP contribution in [-0.4, -0.2) is 24.1 Å². The second-order valence-electron chi connectivity index (χ2n) is 26.4. The number of nitrogens with two attached hydrogens (primary N) is 1. The van der Waals surface area contributed by atoms with Crippen LogP contribution in [0, 0.1) is 48.5 Å². The molecule has 8 heteroatoms. The van der Waals surface area contributed by atoms with Crippen LogP contribution in [0.2, 0.25) is 0 Å². The number of para-hydroxylation sites is 4. The van der Waals surface area contributed by atoms with E-state index in [9.17, 15) is 0 Å². The van der Waals surface area contributed by atoms with Gasteiger partial charge in [-0.3, -0.25) is 15.0 Å². The van der Waals surface area contributed by atoms with Crippen LogP contribution >= 0.6 is 15.9 Å². The Balaban J connectivity index is 0.000000161. The fraction of sp³-hybridized carbons (Fsp3) is 0.0745. The number of fused-ring (bicyclic) bond motifs is 6. The lowest BCUT2D eigenvalue weighted by Crippen LogP contribution is -2.14. The Hall–Kier alpha value is -12.2. The molecule has 0 aliphatic rings. The van der Waals surface area contributed by atoms with E-state index >= 15 is 0 Å². The van der Waals surface area contributed by atoms with Crippen molar-refractivity contribution in [3.05, 3.63) is 365 Å². The average Bonchev–Trinajstić information content (AvgIpc) is 1.66. The van der Waals surface area contributed by atoms with Gasteiger partial charge in [0.25, 0.3) is 0 Å². The first-order valence-corrected chi connectivity index (χ1v) is 35.4. The van der Waals surface area contributed by atoms with Crippen molar-refractivity contribution < 1.29 is 0 Å². The summed E-state index contributed by atoms with van der Waals surface area (Å²) in [5, 5.41) is 5.07. The summed E-state index contributed by atoms with van der Waals surface area (Å²) in [6, 6.07) is 108. The van der Waals surface area contributed by atoms with E-state index in [2.05, 4.69) is 369 Å². The van der Waals surface area contributed by atoms with E-state index in [0.29, 0.717) is 0 Å². The number of nitrogens with zero attached hydrogens (tertiary/aromatic N) is 6. The maximum atomic E-state index is 6.12. The van der Waals surface area contributed by atoms with Crippen molar-refractivity contribution in [2.45, 2.75) is 48.5 Å².